The van der Waals surface area contributed by atoms with Crippen molar-refractivity contribution >= 4 is 11.8 Å². The van der Waals surface area contributed by atoms with Crippen LogP contribution in [-0.4, -0.2) is 83.7 Å². The molecule has 12 nitrogen and oxygen atoms in total. The monoisotopic (exact) mass is 770 g/mol. The number of carbonyl (C=O) groups excluding carboxylic acids is 2. The highest BCUT2D eigenvalue weighted by Gasteiger charge is 2.40. The number of Topliss-reactive ketones (excluding diaryl/α,β-unsaturated/α-hetero) is 1. The van der Waals surface area contributed by atoms with E-state index in [1.54, 1.807) is 26.0 Å². The Balaban J connectivity index is 1.27. The Morgan fingerprint density at radius 2 is 1.45 bits per heavy atom. The van der Waals surface area contributed by atoms with Gasteiger partial charge in [-0.3, -0.25) is 4.79 Å². The lowest BCUT2D eigenvalue weighted by Gasteiger charge is -2.42. The number of hydrogen-bond donors (Lipinski definition) is 2. The van der Waals surface area contributed by atoms with E-state index >= 15 is 0 Å². The van der Waals surface area contributed by atoms with E-state index in [2.05, 4.69) is 13.8 Å². The van der Waals surface area contributed by atoms with Gasteiger partial charge >= 0.3 is 5.97 Å². The highest BCUT2D eigenvalue weighted by atomic mass is 16.7. The van der Waals surface area contributed by atoms with Crippen LogP contribution in [0.15, 0.2) is 48.5 Å². The standard InChI is InChI=1S/C43H62O12/c1-6-12-41-50-34(21-31(46)19-28(4)49-29(5)45)23-35(51-41)24-37-26-38(55-43(54-37)39-16-8-9-17-40(39)47)25-36-22-32(7-2)52-42(53-36)30-14-10-15-33(20-30)48-18-11-13-27(3)44/h8-10,14-17,20,28,31-32,34-38,41-43,46-47H,6-7,11-13,18-19,21-26H2,1-5H3. The van der Waals surface area contributed by atoms with Crippen molar-refractivity contribution in [3.63, 3.8) is 0 Å². The van der Waals surface area contributed by atoms with Gasteiger partial charge in [-0.15, -0.1) is 0 Å². The van der Waals surface area contributed by atoms with E-state index in [0.717, 1.165) is 24.8 Å². The molecule has 3 saturated heterocycles. The lowest BCUT2D eigenvalue weighted by Crippen LogP contribution is -2.44. The second-order valence-corrected chi connectivity index (χ2v) is 15.3. The Labute approximate surface area is 326 Å². The maximum atomic E-state index is 11.4. The van der Waals surface area contributed by atoms with Gasteiger partial charge in [0, 0.05) is 63.0 Å². The first-order valence-electron chi connectivity index (χ1n) is 20.3. The largest absolute Gasteiger partial charge is 0.507 e. The topological polar surface area (TPSA) is 148 Å². The first kappa shape index (κ1) is 43.0. The predicted octanol–water partition coefficient (Wildman–Crippen LogP) is 7.77. The maximum absolute atomic E-state index is 11.4. The molecule has 3 fully saturated rings. The smallest absolute Gasteiger partial charge is 0.302 e. The third-order valence-electron chi connectivity index (χ3n) is 10.3. The summed E-state index contributed by atoms with van der Waals surface area (Å²) in [5.74, 6) is 0.581. The quantitative estimate of drug-likeness (QED) is 0.106. The van der Waals surface area contributed by atoms with Crippen molar-refractivity contribution in [2.24, 2.45) is 0 Å². The summed E-state index contributed by atoms with van der Waals surface area (Å²) in [6, 6.07) is 14.8. The lowest BCUT2D eigenvalue weighted by atomic mass is 9.93. The van der Waals surface area contributed by atoms with Crippen LogP contribution in [0.4, 0.5) is 0 Å². The van der Waals surface area contributed by atoms with Crippen LogP contribution in [0.5, 0.6) is 11.5 Å². The van der Waals surface area contributed by atoms with E-state index < -0.39 is 31.1 Å². The minimum absolute atomic E-state index is 0.0103. The summed E-state index contributed by atoms with van der Waals surface area (Å²) >= 11 is 0. The van der Waals surface area contributed by atoms with Crippen LogP contribution in [0.25, 0.3) is 0 Å². The van der Waals surface area contributed by atoms with Gasteiger partial charge in [-0.1, -0.05) is 50.6 Å². The number of esters is 1. The number of aliphatic hydroxyl groups excluding tert-OH is 1. The SMILES string of the molecule is CCCC1OC(CC(O)CC(C)OC(C)=O)CC(CC2CC(CC3CC(CC)OC(c4cccc(OCCCC(C)=O)c4)O3)OC(c3ccccc3O)O2)O1. The molecule has 0 bridgehead atoms. The van der Waals surface area contributed by atoms with Gasteiger partial charge in [0.05, 0.1) is 49.3 Å². The van der Waals surface area contributed by atoms with Gasteiger partial charge in [0.15, 0.2) is 18.9 Å². The number of aliphatic hydroxyl groups is 1. The molecule has 3 aliphatic heterocycles. The molecule has 55 heavy (non-hydrogen) atoms. The fourth-order valence-corrected chi connectivity index (χ4v) is 7.78. The number of aromatic hydroxyl groups is 1. The molecule has 2 N–H and O–H groups in total. The van der Waals surface area contributed by atoms with Crippen LogP contribution in [0.2, 0.25) is 0 Å². The molecule has 2 aromatic carbocycles. The fourth-order valence-electron chi connectivity index (χ4n) is 7.78. The molecule has 0 aromatic heterocycles. The number of benzene rings is 2. The zero-order chi connectivity index (χ0) is 39.3. The number of ketones is 1. The van der Waals surface area contributed by atoms with Crippen LogP contribution in [-0.2, 0) is 42.7 Å². The Bertz CT molecular complexity index is 1490. The number of phenolic OH excluding ortho intramolecular Hbond substituents is 1. The molecule has 3 aliphatic rings. The second-order valence-electron chi connectivity index (χ2n) is 15.3. The van der Waals surface area contributed by atoms with Crippen LogP contribution in [0, 0.1) is 0 Å². The molecule has 0 amide bonds. The average Bonchev–Trinajstić information content (AvgIpc) is 3.13. The third kappa shape index (κ3) is 13.8. The Kier molecular flexibility index (Phi) is 16.8. The van der Waals surface area contributed by atoms with E-state index in [4.69, 9.17) is 37.9 Å². The second kappa shape index (κ2) is 21.4. The highest BCUT2D eigenvalue weighted by Crippen LogP contribution is 2.41. The van der Waals surface area contributed by atoms with Gasteiger partial charge in [0.2, 0.25) is 0 Å². The summed E-state index contributed by atoms with van der Waals surface area (Å²) in [5, 5.41) is 21.7. The number of ether oxygens (including phenoxy) is 8. The van der Waals surface area contributed by atoms with E-state index in [1.807, 2.05) is 36.4 Å². The first-order chi connectivity index (χ1) is 26.5. The van der Waals surface area contributed by atoms with Gasteiger partial charge in [-0.25, -0.2) is 0 Å². The molecule has 12 heteroatoms. The molecular formula is C43H62O12. The number of carbonyl (C=O) groups is 2. The fraction of sp³-hybridized carbons (Fsp3) is 0.674. The molecule has 0 saturated carbocycles. The van der Waals surface area contributed by atoms with Gasteiger partial charge in [-0.05, 0) is 57.7 Å². The third-order valence-corrected chi connectivity index (χ3v) is 10.3. The first-order valence-corrected chi connectivity index (χ1v) is 20.3. The zero-order valence-corrected chi connectivity index (χ0v) is 33.1. The molecule has 0 radical (unpaired) electrons. The van der Waals surface area contributed by atoms with E-state index in [9.17, 15) is 19.8 Å². The van der Waals surface area contributed by atoms with E-state index in [1.165, 1.54) is 6.92 Å². The Morgan fingerprint density at radius 1 is 0.818 bits per heavy atom. The molecular weight excluding hydrogens is 708 g/mol. The zero-order valence-electron chi connectivity index (χ0n) is 33.1. The van der Waals surface area contributed by atoms with Crippen molar-refractivity contribution < 1.29 is 57.7 Å². The van der Waals surface area contributed by atoms with Crippen LogP contribution >= 0.6 is 0 Å². The number of para-hydroxylation sites is 1. The number of rotatable bonds is 19. The van der Waals surface area contributed by atoms with Gasteiger partial charge in [0.25, 0.3) is 0 Å². The summed E-state index contributed by atoms with van der Waals surface area (Å²) in [6.07, 6.45) is 3.42. The minimum Gasteiger partial charge on any atom is -0.507 e. The Hall–Kier alpha value is -3.10. The molecule has 0 aliphatic carbocycles. The maximum Gasteiger partial charge on any atom is 0.302 e. The van der Waals surface area contributed by atoms with Crippen molar-refractivity contribution in [3.8, 4) is 11.5 Å². The van der Waals surface area contributed by atoms with Crippen LogP contribution < -0.4 is 4.74 Å². The van der Waals surface area contributed by atoms with Crippen LogP contribution in [0.3, 0.4) is 0 Å². The van der Waals surface area contributed by atoms with E-state index in [0.29, 0.717) is 75.7 Å². The predicted molar refractivity (Wildman–Crippen MR) is 203 cm³/mol. The van der Waals surface area contributed by atoms with Crippen LogP contribution in [0.1, 0.15) is 135 Å². The molecule has 11 unspecified atom stereocenters. The summed E-state index contributed by atoms with van der Waals surface area (Å²) in [5.41, 5.74) is 1.43. The summed E-state index contributed by atoms with van der Waals surface area (Å²) < 4.78 is 50.1. The average molecular weight is 771 g/mol. The van der Waals surface area contributed by atoms with Crippen molar-refractivity contribution in [2.75, 3.05) is 6.61 Å². The molecule has 11 atom stereocenters. The number of hydrogen-bond acceptors (Lipinski definition) is 12. The highest BCUT2D eigenvalue weighted by molar-refractivity contribution is 5.75. The van der Waals surface area contributed by atoms with Crippen molar-refractivity contribution in [1.29, 1.82) is 0 Å². The molecule has 0 spiro atoms. The normalized spacial score (nSPS) is 29.6. The van der Waals surface area contributed by atoms with Crippen molar-refractivity contribution in [3.05, 3.63) is 59.7 Å². The van der Waals surface area contributed by atoms with Crippen molar-refractivity contribution in [2.45, 2.75) is 179 Å². The molecule has 306 valence electrons. The minimum atomic E-state index is -0.786. The summed E-state index contributed by atoms with van der Waals surface area (Å²) in [4.78, 5) is 22.7. The summed E-state index contributed by atoms with van der Waals surface area (Å²) in [7, 11) is 0. The van der Waals surface area contributed by atoms with Gasteiger partial charge in [0.1, 0.15) is 23.4 Å². The molecule has 5 rings (SSSR count). The summed E-state index contributed by atoms with van der Waals surface area (Å²) in [6.45, 7) is 9.38. The molecule has 2 aromatic rings. The van der Waals surface area contributed by atoms with Crippen molar-refractivity contribution in [1.82, 2.24) is 0 Å². The Morgan fingerprint density at radius 3 is 2.13 bits per heavy atom. The van der Waals surface area contributed by atoms with Gasteiger partial charge < -0.3 is 52.9 Å². The lowest BCUT2D eigenvalue weighted by molar-refractivity contribution is -0.288. The van der Waals surface area contributed by atoms with Gasteiger partial charge in [-0.2, -0.15) is 0 Å². The number of phenols is 1. The van der Waals surface area contributed by atoms with E-state index in [-0.39, 0.29) is 54.1 Å². The molecule has 3 heterocycles.